The van der Waals surface area contributed by atoms with E-state index in [0.29, 0.717) is 11.3 Å². The van der Waals surface area contributed by atoms with Gasteiger partial charge in [0.15, 0.2) is 0 Å². The molecule has 0 aromatic heterocycles. The van der Waals surface area contributed by atoms with Crippen molar-refractivity contribution in [3.8, 4) is 0 Å². The van der Waals surface area contributed by atoms with Crippen LogP contribution in [0.4, 0.5) is 5.69 Å². The average molecular weight is 322 g/mol. The predicted molar refractivity (Wildman–Crippen MR) is 94.7 cm³/mol. The van der Waals surface area contributed by atoms with Crippen LogP contribution >= 0.6 is 0 Å². The van der Waals surface area contributed by atoms with Gasteiger partial charge in [-0.3, -0.25) is 9.59 Å². The fourth-order valence-corrected chi connectivity index (χ4v) is 2.76. The Morgan fingerprint density at radius 1 is 1.04 bits per heavy atom. The summed E-state index contributed by atoms with van der Waals surface area (Å²) in [5.41, 5.74) is 2.27. The maximum Gasteiger partial charge on any atom is 0.251 e. The van der Waals surface area contributed by atoms with Gasteiger partial charge in [-0.05, 0) is 43.5 Å². The van der Waals surface area contributed by atoms with Gasteiger partial charge in [0.2, 0.25) is 5.91 Å². The summed E-state index contributed by atoms with van der Waals surface area (Å²) in [6.07, 6.45) is 3.04. The summed E-state index contributed by atoms with van der Waals surface area (Å²) in [4.78, 5) is 24.5. The van der Waals surface area contributed by atoms with Crippen LogP contribution in [-0.2, 0) is 4.79 Å². The molecule has 0 heterocycles. The number of benzene rings is 2. The summed E-state index contributed by atoms with van der Waals surface area (Å²) in [7, 11) is 0. The standard InChI is InChI=1S/C20H22N2O2/c1-14(15-7-3-2-4-8-15)21-20(24)17-11-6-12-18(13-17)22-19(23)16-9-5-10-16/h2-4,6-8,11-14,16H,5,9-10H2,1H3,(H,21,24)(H,22,23). The molecule has 2 N–H and O–H groups in total. The zero-order valence-electron chi connectivity index (χ0n) is 13.8. The smallest absolute Gasteiger partial charge is 0.251 e. The van der Waals surface area contributed by atoms with Gasteiger partial charge in [0.05, 0.1) is 6.04 Å². The van der Waals surface area contributed by atoms with Gasteiger partial charge in [0, 0.05) is 17.2 Å². The van der Waals surface area contributed by atoms with E-state index in [9.17, 15) is 9.59 Å². The van der Waals surface area contributed by atoms with Crippen LogP contribution in [0.15, 0.2) is 54.6 Å². The molecular weight excluding hydrogens is 300 g/mol. The molecule has 4 nitrogen and oxygen atoms in total. The first-order valence-electron chi connectivity index (χ1n) is 8.40. The average Bonchev–Trinajstić information content (AvgIpc) is 2.54. The van der Waals surface area contributed by atoms with Gasteiger partial charge in [-0.25, -0.2) is 0 Å². The second kappa shape index (κ2) is 7.30. The highest BCUT2D eigenvalue weighted by molar-refractivity contribution is 5.98. The SMILES string of the molecule is CC(NC(=O)c1cccc(NC(=O)C2CCC2)c1)c1ccccc1. The number of hydrogen-bond donors (Lipinski definition) is 2. The molecule has 124 valence electrons. The zero-order valence-corrected chi connectivity index (χ0v) is 13.8. The quantitative estimate of drug-likeness (QED) is 0.876. The molecule has 1 aliphatic rings. The van der Waals surface area contributed by atoms with Crippen molar-refractivity contribution in [3.63, 3.8) is 0 Å². The van der Waals surface area contributed by atoms with Crippen molar-refractivity contribution in [2.24, 2.45) is 5.92 Å². The first kappa shape index (κ1) is 16.2. The van der Waals surface area contributed by atoms with Crippen LogP contribution in [0.2, 0.25) is 0 Å². The van der Waals surface area contributed by atoms with E-state index in [2.05, 4.69) is 10.6 Å². The summed E-state index contributed by atoms with van der Waals surface area (Å²) in [5, 5.41) is 5.89. The van der Waals surface area contributed by atoms with E-state index in [4.69, 9.17) is 0 Å². The molecule has 1 saturated carbocycles. The fourth-order valence-electron chi connectivity index (χ4n) is 2.76. The van der Waals surface area contributed by atoms with Gasteiger partial charge in [-0.15, -0.1) is 0 Å². The Kier molecular flexibility index (Phi) is 4.94. The van der Waals surface area contributed by atoms with Crippen molar-refractivity contribution in [1.82, 2.24) is 5.32 Å². The molecule has 1 fully saturated rings. The monoisotopic (exact) mass is 322 g/mol. The Balaban J connectivity index is 1.64. The molecule has 0 saturated heterocycles. The first-order chi connectivity index (χ1) is 11.6. The summed E-state index contributed by atoms with van der Waals surface area (Å²) in [5.74, 6) is 0.0307. The van der Waals surface area contributed by atoms with Gasteiger partial charge in [-0.1, -0.05) is 42.8 Å². The van der Waals surface area contributed by atoms with Gasteiger partial charge < -0.3 is 10.6 Å². The molecule has 4 heteroatoms. The molecule has 1 atom stereocenters. The van der Waals surface area contributed by atoms with Crippen molar-refractivity contribution in [2.45, 2.75) is 32.2 Å². The van der Waals surface area contributed by atoms with Crippen molar-refractivity contribution in [3.05, 3.63) is 65.7 Å². The minimum atomic E-state index is -0.147. The van der Waals surface area contributed by atoms with Crippen LogP contribution in [0.3, 0.4) is 0 Å². The third-order valence-corrected chi connectivity index (χ3v) is 4.52. The highest BCUT2D eigenvalue weighted by Gasteiger charge is 2.25. The number of carbonyl (C=O) groups is 2. The van der Waals surface area contributed by atoms with Gasteiger partial charge in [0.25, 0.3) is 5.91 Å². The number of amides is 2. The van der Waals surface area contributed by atoms with Crippen LogP contribution < -0.4 is 10.6 Å². The van der Waals surface area contributed by atoms with E-state index in [1.54, 1.807) is 18.2 Å². The molecule has 0 bridgehead atoms. The second-order valence-corrected chi connectivity index (χ2v) is 6.30. The summed E-state index contributed by atoms with van der Waals surface area (Å²) in [6.45, 7) is 1.95. The summed E-state index contributed by atoms with van der Waals surface area (Å²) >= 11 is 0. The molecule has 0 spiro atoms. The summed E-state index contributed by atoms with van der Waals surface area (Å²) in [6, 6.07) is 16.8. The van der Waals surface area contributed by atoms with Crippen LogP contribution in [0.25, 0.3) is 0 Å². The molecule has 24 heavy (non-hydrogen) atoms. The lowest BCUT2D eigenvalue weighted by Crippen LogP contribution is -2.28. The molecule has 1 unspecified atom stereocenters. The Hall–Kier alpha value is -2.62. The number of rotatable bonds is 5. The van der Waals surface area contributed by atoms with E-state index in [1.165, 1.54) is 0 Å². The van der Waals surface area contributed by atoms with Crippen molar-refractivity contribution in [1.29, 1.82) is 0 Å². The van der Waals surface area contributed by atoms with Crippen LogP contribution in [0.1, 0.15) is 48.1 Å². The van der Waals surface area contributed by atoms with E-state index < -0.39 is 0 Å². The van der Waals surface area contributed by atoms with Crippen molar-refractivity contribution >= 4 is 17.5 Å². The lowest BCUT2D eigenvalue weighted by molar-refractivity contribution is -0.122. The van der Waals surface area contributed by atoms with Gasteiger partial charge in [0.1, 0.15) is 0 Å². The second-order valence-electron chi connectivity index (χ2n) is 6.30. The lowest BCUT2D eigenvalue weighted by atomic mass is 9.85. The molecule has 2 aromatic carbocycles. The van der Waals surface area contributed by atoms with E-state index in [1.807, 2.05) is 43.3 Å². The third-order valence-electron chi connectivity index (χ3n) is 4.52. The van der Waals surface area contributed by atoms with E-state index >= 15 is 0 Å². The maximum atomic E-state index is 12.4. The topological polar surface area (TPSA) is 58.2 Å². The number of carbonyl (C=O) groups excluding carboxylic acids is 2. The van der Waals surface area contributed by atoms with Crippen molar-refractivity contribution < 1.29 is 9.59 Å². The van der Waals surface area contributed by atoms with Crippen LogP contribution in [-0.4, -0.2) is 11.8 Å². The fraction of sp³-hybridized carbons (Fsp3) is 0.300. The van der Waals surface area contributed by atoms with Crippen LogP contribution in [0.5, 0.6) is 0 Å². The van der Waals surface area contributed by atoms with Crippen molar-refractivity contribution in [2.75, 3.05) is 5.32 Å². The molecule has 2 amide bonds. The minimum absolute atomic E-state index is 0.0523. The normalized spacial score (nSPS) is 15.2. The van der Waals surface area contributed by atoms with E-state index in [0.717, 1.165) is 24.8 Å². The molecule has 3 rings (SSSR count). The van der Waals surface area contributed by atoms with Crippen LogP contribution in [0, 0.1) is 5.92 Å². The number of anilines is 1. The molecular formula is C20H22N2O2. The maximum absolute atomic E-state index is 12.4. The van der Waals surface area contributed by atoms with Gasteiger partial charge in [-0.2, -0.15) is 0 Å². The van der Waals surface area contributed by atoms with E-state index in [-0.39, 0.29) is 23.8 Å². The molecule has 0 radical (unpaired) electrons. The molecule has 1 aliphatic carbocycles. The van der Waals surface area contributed by atoms with Gasteiger partial charge >= 0.3 is 0 Å². The zero-order chi connectivity index (χ0) is 16.9. The Morgan fingerprint density at radius 3 is 2.46 bits per heavy atom. The molecule has 0 aliphatic heterocycles. The third kappa shape index (κ3) is 3.82. The predicted octanol–water partition coefficient (Wildman–Crippen LogP) is 3.92. The Labute approximate surface area is 142 Å². The highest BCUT2D eigenvalue weighted by atomic mass is 16.2. The number of nitrogens with one attached hydrogen (secondary N) is 2. The first-order valence-corrected chi connectivity index (χ1v) is 8.40. The lowest BCUT2D eigenvalue weighted by Gasteiger charge is -2.24. The highest BCUT2D eigenvalue weighted by Crippen LogP contribution is 2.27. The Bertz CT molecular complexity index is 723. The minimum Gasteiger partial charge on any atom is -0.346 e. The Morgan fingerprint density at radius 2 is 1.79 bits per heavy atom. The number of hydrogen-bond acceptors (Lipinski definition) is 2. The largest absolute Gasteiger partial charge is 0.346 e. The molecule has 2 aromatic rings. The summed E-state index contributed by atoms with van der Waals surface area (Å²) < 4.78 is 0.